The van der Waals surface area contributed by atoms with Crippen molar-refractivity contribution >= 4 is 13.8 Å². The number of carboxylic acid groups (broad SMARTS) is 1. The molecular formula is C16H19O7P. The van der Waals surface area contributed by atoms with E-state index in [0.717, 1.165) is 0 Å². The summed E-state index contributed by atoms with van der Waals surface area (Å²) in [5.74, 6) is 0.458. The van der Waals surface area contributed by atoms with Crippen molar-refractivity contribution in [3.8, 4) is 11.5 Å². The van der Waals surface area contributed by atoms with Gasteiger partial charge in [-0.15, -0.1) is 0 Å². The van der Waals surface area contributed by atoms with Gasteiger partial charge in [0.15, 0.2) is 0 Å². The van der Waals surface area contributed by atoms with Crippen molar-refractivity contribution < 1.29 is 33.9 Å². The Morgan fingerprint density at radius 1 is 1.00 bits per heavy atom. The van der Waals surface area contributed by atoms with E-state index in [4.69, 9.17) is 29.1 Å². The highest BCUT2D eigenvalue weighted by Crippen LogP contribution is 2.27. The van der Waals surface area contributed by atoms with E-state index >= 15 is 0 Å². The molecule has 0 aliphatic heterocycles. The van der Waals surface area contributed by atoms with Crippen molar-refractivity contribution in [1.82, 2.24) is 0 Å². The molecule has 0 spiro atoms. The average molecular weight is 354 g/mol. The monoisotopic (exact) mass is 354 g/mol. The average Bonchev–Trinajstić information content (AvgIpc) is 2.46. The van der Waals surface area contributed by atoms with Gasteiger partial charge in [-0.3, -0.25) is 0 Å². The van der Waals surface area contributed by atoms with E-state index < -0.39 is 13.8 Å². The SMILES string of the molecule is CC(C)c1ccc(Oc2ccccc2C(=O)O)cc1.O=P(O)(O)O. The van der Waals surface area contributed by atoms with Crippen LogP contribution >= 0.6 is 7.82 Å². The first-order valence-corrected chi connectivity index (χ1v) is 8.53. The van der Waals surface area contributed by atoms with Crippen LogP contribution in [-0.4, -0.2) is 25.8 Å². The number of para-hydroxylation sites is 1. The molecule has 7 nitrogen and oxygen atoms in total. The van der Waals surface area contributed by atoms with Gasteiger partial charge >= 0.3 is 13.8 Å². The Morgan fingerprint density at radius 2 is 1.50 bits per heavy atom. The molecule has 2 rings (SSSR count). The van der Waals surface area contributed by atoms with Crippen molar-refractivity contribution in [2.45, 2.75) is 19.8 Å². The Balaban J connectivity index is 0.000000505. The lowest BCUT2D eigenvalue weighted by atomic mass is 10.0. The Kier molecular flexibility index (Phi) is 7.13. The van der Waals surface area contributed by atoms with Crippen LogP contribution in [0.5, 0.6) is 11.5 Å². The van der Waals surface area contributed by atoms with E-state index in [0.29, 0.717) is 17.4 Å². The number of carbonyl (C=O) groups is 1. The Morgan fingerprint density at radius 3 is 1.96 bits per heavy atom. The molecule has 0 fully saturated rings. The second-order valence-corrected chi connectivity index (χ2v) is 6.17. The van der Waals surface area contributed by atoms with E-state index in [1.165, 1.54) is 11.6 Å². The van der Waals surface area contributed by atoms with Gasteiger partial charge in [0, 0.05) is 0 Å². The van der Waals surface area contributed by atoms with Crippen molar-refractivity contribution in [2.75, 3.05) is 0 Å². The Labute approximate surface area is 139 Å². The first-order valence-electron chi connectivity index (χ1n) is 6.96. The number of hydrogen-bond donors (Lipinski definition) is 4. The summed E-state index contributed by atoms with van der Waals surface area (Å²) in [6.45, 7) is 4.24. The molecule has 130 valence electrons. The van der Waals surface area contributed by atoms with Crippen LogP contribution in [0.2, 0.25) is 0 Å². The summed E-state index contributed by atoms with van der Waals surface area (Å²) in [4.78, 5) is 32.6. The van der Waals surface area contributed by atoms with E-state index in [1.54, 1.807) is 18.2 Å². The molecule has 0 atom stereocenters. The predicted molar refractivity (Wildman–Crippen MR) is 88.3 cm³/mol. The van der Waals surface area contributed by atoms with Crippen LogP contribution in [0.25, 0.3) is 0 Å². The zero-order valence-corrected chi connectivity index (χ0v) is 14.1. The molecule has 0 aliphatic rings. The third-order valence-electron chi connectivity index (χ3n) is 2.89. The number of hydrogen-bond acceptors (Lipinski definition) is 3. The number of phosphoric acid groups is 1. The van der Waals surface area contributed by atoms with Gasteiger partial charge < -0.3 is 24.5 Å². The largest absolute Gasteiger partial charge is 0.478 e. The van der Waals surface area contributed by atoms with Gasteiger partial charge in [0.1, 0.15) is 17.1 Å². The van der Waals surface area contributed by atoms with Gasteiger partial charge in [-0.25, -0.2) is 9.36 Å². The fraction of sp³-hybridized carbons (Fsp3) is 0.188. The number of benzene rings is 2. The molecule has 0 bridgehead atoms. The van der Waals surface area contributed by atoms with Crippen LogP contribution in [0, 0.1) is 0 Å². The molecule has 24 heavy (non-hydrogen) atoms. The fourth-order valence-electron chi connectivity index (χ4n) is 1.78. The highest BCUT2D eigenvalue weighted by atomic mass is 31.2. The summed E-state index contributed by atoms with van der Waals surface area (Å²) in [6.07, 6.45) is 0. The third-order valence-corrected chi connectivity index (χ3v) is 2.89. The van der Waals surface area contributed by atoms with Crippen molar-refractivity contribution in [3.63, 3.8) is 0 Å². The van der Waals surface area contributed by atoms with Crippen LogP contribution in [0.4, 0.5) is 0 Å². The summed E-state index contributed by atoms with van der Waals surface area (Å²) < 4.78 is 14.5. The molecule has 0 saturated heterocycles. The zero-order valence-electron chi connectivity index (χ0n) is 13.2. The summed E-state index contributed by atoms with van der Waals surface area (Å²) in [7, 11) is -4.64. The van der Waals surface area contributed by atoms with Crippen molar-refractivity contribution in [2.24, 2.45) is 0 Å². The molecule has 8 heteroatoms. The second kappa shape index (κ2) is 8.61. The van der Waals surface area contributed by atoms with Crippen molar-refractivity contribution in [3.05, 3.63) is 59.7 Å². The Hall–Kier alpha value is -2.18. The van der Waals surface area contributed by atoms with Crippen LogP contribution < -0.4 is 4.74 Å². The lowest BCUT2D eigenvalue weighted by molar-refractivity contribution is 0.0694. The highest BCUT2D eigenvalue weighted by molar-refractivity contribution is 7.45. The number of ether oxygens (including phenoxy) is 1. The van der Waals surface area contributed by atoms with Crippen LogP contribution in [0.3, 0.4) is 0 Å². The predicted octanol–water partition coefficient (Wildman–Crippen LogP) is 3.37. The maximum absolute atomic E-state index is 11.1. The summed E-state index contributed by atoms with van der Waals surface area (Å²) in [5.41, 5.74) is 1.38. The minimum absolute atomic E-state index is 0.162. The molecular weight excluding hydrogens is 335 g/mol. The van der Waals surface area contributed by atoms with Crippen LogP contribution in [-0.2, 0) is 4.57 Å². The van der Waals surface area contributed by atoms with E-state index in [9.17, 15) is 4.79 Å². The maximum atomic E-state index is 11.1. The molecule has 4 N–H and O–H groups in total. The fourth-order valence-corrected chi connectivity index (χ4v) is 1.78. The molecule has 0 aromatic heterocycles. The molecule has 2 aromatic rings. The summed E-state index contributed by atoms with van der Waals surface area (Å²) in [6, 6.07) is 14.3. The number of carboxylic acids is 1. The van der Waals surface area contributed by atoms with Crippen LogP contribution in [0.15, 0.2) is 48.5 Å². The van der Waals surface area contributed by atoms with Gasteiger partial charge in [0.2, 0.25) is 0 Å². The molecule has 0 aliphatic carbocycles. The normalized spacial score (nSPS) is 10.8. The first kappa shape index (κ1) is 19.9. The smallest absolute Gasteiger partial charge is 0.466 e. The molecule has 0 unspecified atom stereocenters. The highest BCUT2D eigenvalue weighted by Gasteiger charge is 2.11. The molecule has 0 saturated carbocycles. The van der Waals surface area contributed by atoms with Gasteiger partial charge in [-0.1, -0.05) is 38.1 Å². The molecule has 0 heterocycles. The summed E-state index contributed by atoms with van der Waals surface area (Å²) in [5, 5.41) is 9.08. The zero-order chi connectivity index (χ0) is 18.3. The van der Waals surface area contributed by atoms with Crippen molar-refractivity contribution in [1.29, 1.82) is 0 Å². The number of aromatic carboxylic acids is 1. The molecule has 0 amide bonds. The second-order valence-electron chi connectivity index (χ2n) is 5.14. The minimum atomic E-state index is -4.64. The van der Waals surface area contributed by atoms with E-state index in [-0.39, 0.29) is 5.56 Å². The third kappa shape index (κ3) is 7.39. The van der Waals surface area contributed by atoms with Gasteiger partial charge in [0.25, 0.3) is 0 Å². The summed E-state index contributed by atoms with van der Waals surface area (Å²) >= 11 is 0. The standard InChI is InChI=1S/C16H16O3.H3O4P/c1-11(2)12-7-9-13(10-8-12)19-15-6-4-3-5-14(15)16(17)18;1-5(2,3)4/h3-11H,1-2H3,(H,17,18);(H3,1,2,3,4). The first-order chi connectivity index (χ1) is 11.1. The minimum Gasteiger partial charge on any atom is -0.478 e. The molecule has 2 aromatic carbocycles. The Bertz CT molecular complexity index is 711. The van der Waals surface area contributed by atoms with Crippen LogP contribution in [0.1, 0.15) is 35.7 Å². The van der Waals surface area contributed by atoms with E-state index in [2.05, 4.69) is 13.8 Å². The lowest BCUT2D eigenvalue weighted by Gasteiger charge is -2.10. The van der Waals surface area contributed by atoms with E-state index in [1.807, 2.05) is 24.3 Å². The quantitative estimate of drug-likeness (QED) is 0.620. The van der Waals surface area contributed by atoms with Gasteiger partial charge in [0.05, 0.1) is 0 Å². The van der Waals surface area contributed by atoms with Gasteiger partial charge in [-0.2, -0.15) is 0 Å². The maximum Gasteiger partial charge on any atom is 0.466 e. The van der Waals surface area contributed by atoms with Gasteiger partial charge in [-0.05, 0) is 35.7 Å². The number of rotatable bonds is 4. The topological polar surface area (TPSA) is 124 Å². The lowest BCUT2D eigenvalue weighted by Crippen LogP contribution is -1.99. The molecule has 0 radical (unpaired) electrons.